The third kappa shape index (κ3) is 5.38. The van der Waals surface area contributed by atoms with Crippen molar-refractivity contribution in [1.29, 1.82) is 0 Å². The van der Waals surface area contributed by atoms with Crippen LogP contribution in [0.5, 0.6) is 0 Å². The van der Waals surface area contributed by atoms with Crippen LogP contribution in [-0.4, -0.2) is 58.3 Å². The molecule has 7 heteroatoms. The van der Waals surface area contributed by atoms with Crippen LogP contribution in [0.4, 0.5) is 0 Å². The van der Waals surface area contributed by atoms with Crippen molar-refractivity contribution < 1.29 is 9.59 Å². The molecule has 1 fully saturated rings. The largest absolute Gasteiger partial charge is 0.345 e. The minimum absolute atomic E-state index is 0.0866. The van der Waals surface area contributed by atoms with Gasteiger partial charge in [0, 0.05) is 51.4 Å². The van der Waals surface area contributed by atoms with Crippen molar-refractivity contribution in [2.45, 2.75) is 39.0 Å². The molecule has 2 aromatic rings. The predicted molar refractivity (Wildman–Crippen MR) is 110 cm³/mol. The lowest BCUT2D eigenvalue weighted by Gasteiger charge is -2.32. The number of aromatic nitrogens is 2. The fourth-order valence-electron chi connectivity index (χ4n) is 3.61. The topological polar surface area (TPSA) is 66.4 Å². The molecule has 1 aliphatic heterocycles. The molecule has 0 aromatic carbocycles. The van der Waals surface area contributed by atoms with Crippen molar-refractivity contribution in [3.8, 4) is 0 Å². The summed E-state index contributed by atoms with van der Waals surface area (Å²) in [7, 11) is 1.86. The molecule has 0 saturated carbocycles. The quantitative estimate of drug-likeness (QED) is 0.716. The molecule has 0 bridgehead atoms. The molecule has 28 heavy (non-hydrogen) atoms. The summed E-state index contributed by atoms with van der Waals surface area (Å²) < 4.78 is 0. The molecule has 2 amide bonds. The average Bonchev–Trinajstić information content (AvgIpc) is 3.16. The number of likely N-dealkylation sites (N-methyl/N-ethyl adjacent to an activating group) is 1. The number of amides is 2. The molecule has 0 radical (unpaired) electrons. The Morgan fingerprint density at radius 2 is 2.18 bits per heavy atom. The predicted octanol–water partition coefficient (Wildman–Crippen LogP) is 3.18. The van der Waals surface area contributed by atoms with Gasteiger partial charge in [0.05, 0.1) is 11.2 Å². The first-order chi connectivity index (χ1) is 13.5. The van der Waals surface area contributed by atoms with Crippen LogP contribution >= 0.6 is 11.3 Å². The van der Waals surface area contributed by atoms with Crippen LogP contribution < -0.4 is 0 Å². The van der Waals surface area contributed by atoms with Crippen molar-refractivity contribution in [3.63, 3.8) is 0 Å². The number of nitrogens with zero attached hydrogens (tertiary/aromatic N) is 4. The zero-order valence-electron chi connectivity index (χ0n) is 16.6. The maximum atomic E-state index is 12.7. The van der Waals surface area contributed by atoms with E-state index < -0.39 is 0 Å². The summed E-state index contributed by atoms with van der Waals surface area (Å²) in [6.07, 6.45) is 5.99. The SMILES string of the molecule is Cc1ncsc1C(=O)N1CCCC(CCC(=O)N(C)CCc2ccccn2)C1. The molecular weight excluding hydrogens is 372 g/mol. The van der Waals surface area contributed by atoms with Gasteiger partial charge >= 0.3 is 0 Å². The number of hydrogen-bond donors (Lipinski definition) is 0. The second-order valence-electron chi connectivity index (χ2n) is 7.45. The van der Waals surface area contributed by atoms with E-state index in [9.17, 15) is 9.59 Å². The molecule has 1 saturated heterocycles. The first kappa shape index (κ1) is 20.5. The van der Waals surface area contributed by atoms with E-state index in [0.717, 1.165) is 55.0 Å². The van der Waals surface area contributed by atoms with Gasteiger partial charge in [0.15, 0.2) is 0 Å². The first-order valence-electron chi connectivity index (χ1n) is 9.88. The van der Waals surface area contributed by atoms with Gasteiger partial charge in [0.25, 0.3) is 5.91 Å². The van der Waals surface area contributed by atoms with E-state index >= 15 is 0 Å². The average molecular weight is 401 g/mol. The Labute approximate surface area is 170 Å². The van der Waals surface area contributed by atoms with Gasteiger partial charge in [-0.05, 0) is 44.2 Å². The van der Waals surface area contributed by atoms with Crippen LogP contribution in [0.2, 0.25) is 0 Å². The number of likely N-dealkylation sites (tertiary alicyclic amines) is 1. The molecule has 2 aromatic heterocycles. The van der Waals surface area contributed by atoms with E-state index in [2.05, 4.69) is 9.97 Å². The minimum Gasteiger partial charge on any atom is -0.345 e. The van der Waals surface area contributed by atoms with Crippen LogP contribution in [0.15, 0.2) is 29.9 Å². The minimum atomic E-state index is 0.0866. The standard InChI is InChI=1S/C21H28N4O2S/c1-16-20(28-15-23-16)21(27)25-12-5-6-17(14-25)8-9-19(26)24(2)13-10-18-7-3-4-11-22-18/h3-4,7,11,15,17H,5-6,8-10,12-14H2,1-2H3. The highest BCUT2D eigenvalue weighted by Gasteiger charge is 2.26. The second-order valence-corrected chi connectivity index (χ2v) is 8.31. The molecule has 0 aliphatic carbocycles. The van der Waals surface area contributed by atoms with Gasteiger partial charge in [0.1, 0.15) is 4.88 Å². The van der Waals surface area contributed by atoms with Crippen LogP contribution in [0.25, 0.3) is 0 Å². The van der Waals surface area contributed by atoms with Crippen LogP contribution in [0.1, 0.15) is 46.7 Å². The molecule has 3 rings (SSSR count). The van der Waals surface area contributed by atoms with Crippen molar-refractivity contribution in [2.24, 2.45) is 5.92 Å². The zero-order chi connectivity index (χ0) is 19.9. The first-order valence-corrected chi connectivity index (χ1v) is 10.8. The molecule has 1 atom stereocenters. The fraction of sp³-hybridized carbons (Fsp3) is 0.524. The number of carbonyl (C=O) groups excluding carboxylic acids is 2. The zero-order valence-corrected chi connectivity index (χ0v) is 17.5. The van der Waals surface area contributed by atoms with E-state index in [1.54, 1.807) is 16.6 Å². The molecule has 0 spiro atoms. The summed E-state index contributed by atoms with van der Waals surface area (Å²) in [6, 6.07) is 5.84. The Balaban J connectivity index is 1.44. The molecule has 3 heterocycles. The van der Waals surface area contributed by atoms with Crippen molar-refractivity contribution in [3.05, 3.63) is 46.2 Å². The van der Waals surface area contributed by atoms with E-state index in [0.29, 0.717) is 18.9 Å². The molecule has 1 unspecified atom stereocenters. The number of carbonyl (C=O) groups is 2. The van der Waals surface area contributed by atoms with E-state index in [1.165, 1.54) is 11.3 Å². The summed E-state index contributed by atoms with van der Waals surface area (Å²) in [5.74, 6) is 0.639. The number of pyridine rings is 1. The van der Waals surface area contributed by atoms with Gasteiger partial charge < -0.3 is 9.80 Å². The lowest BCUT2D eigenvalue weighted by Crippen LogP contribution is -2.40. The van der Waals surface area contributed by atoms with Crippen molar-refractivity contribution in [1.82, 2.24) is 19.8 Å². The van der Waals surface area contributed by atoms with Crippen molar-refractivity contribution >= 4 is 23.2 Å². The Morgan fingerprint density at radius 3 is 2.89 bits per heavy atom. The van der Waals surface area contributed by atoms with E-state index in [4.69, 9.17) is 0 Å². The molecule has 6 nitrogen and oxygen atoms in total. The summed E-state index contributed by atoms with van der Waals surface area (Å²) >= 11 is 1.41. The summed E-state index contributed by atoms with van der Waals surface area (Å²) in [6.45, 7) is 4.09. The third-order valence-corrected chi connectivity index (χ3v) is 6.28. The lowest BCUT2D eigenvalue weighted by atomic mass is 9.93. The van der Waals surface area contributed by atoms with Gasteiger partial charge in [-0.3, -0.25) is 14.6 Å². The van der Waals surface area contributed by atoms with Gasteiger partial charge in [-0.2, -0.15) is 0 Å². The number of piperidine rings is 1. The van der Waals surface area contributed by atoms with Gasteiger partial charge in [-0.15, -0.1) is 11.3 Å². The Bertz CT molecular complexity index is 793. The molecule has 150 valence electrons. The maximum Gasteiger partial charge on any atom is 0.265 e. The van der Waals surface area contributed by atoms with E-state index in [-0.39, 0.29) is 11.8 Å². The smallest absolute Gasteiger partial charge is 0.265 e. The summed E-state index contributed by atoms with van der Waals surface area (Å²) in [5.41, 5.74) is 3.53. The van der Waals surface area contributed by atoms with Gasteiger partial charge in [0.2, 0.25) is 5.91 Å². The van der Waals surface area contributed by atoms with Crippen LogP contribution in [0, 0.1) is 12.8 Å². The van der Waals surface area contributed by atoms with Gasteiger partial charge in [-0.1, -0.05) is 6.07 Å². The lowest BCUT2D eigenvalue weighted by molar-refractivity contribution is -0.130. The molecular formula is C21H28N4O2S. The Kier molecular flexibility index (Phi) is 7.14. The summed E-state index contributed by atoms with van der Waals surface area (Å²) in [5, 5.41) is 0. The number of aryl methyl sites for hydroxylation is 1. The van der Waals surface area contributed by atoms with Crippen molar-refractivity contribution in [2.75, 3.05) is 26.7 Å². The maximum absolute atomic E-state index is 12.7. The fourth-order valence-corrected chi connectivity index (χ4v) is 4.38. The third-order valence-electron chi connectivity index (χ3n) is 5.37. The highest BCUT2D eigenvalue weighted by molar-refractivity contribution is 7.11. The number of rotatable bonds is 7. The van der Waals surface area contributed by atoms with Crippen LogP contribution in [-0.2, 0) is 11.2 Å². The number of hydrogen-bond acceptors (Lipinski definition) is 5. The number of thiazole rings is 1. The Morgan fingerprint density at radius 1 is 1.32 bits per heavy atom. The monoisotopic (exact) mass is 400 g/mol. The van der Waals surface area contributed by atoms with E-state index in [1.807, 2.05) is 37.1 Å². The normalized spacial score (nSPS) is 16.8. The molecule has 0 N–H and O–H groups in total. The summed E-state index contributed by atoms with van der Waals surface area (Å²) in [4.78, 5) is 38.1. The van der Waals surface area contributed by atoms with Crippen LogP contribution in [0.3, 0.4) is 0 Å². The highest BCUT2D eigenvalue weighted by atomic mass is 32.1. The molecule has 1 aliphatic rings. The highest BCUT2D eigenvalue weighted by Crippen LogP contribution is 2.24. The Hall–Kier alpha value is -2.28. The van der Waals surface area contributed by atoms with Gasteiger partial charge in [-0.25, -0.2) is 4.98 Å². The second kappa shape index (κ2) is 9.78.